The van der Waals surface area contributed by atoms with Gasteiger partial charge in [-0.25, -0.2) is 4.39 Å². The Kier molecular flexibility index (Phi) is 10.3. The van der Waals surface area contributed by atoms with Gasteiger partial charge in [0, 0.05) is 32.0 Å². The molecule has 0 saturated heterocycles. The standard InChI is InChI=1S/C24H31FN2O4/c1-30-21-16-19(20(25)17-22(21)31-2)13-15-27-24(29)11-7-6-10-23(28)26-14-12-18-8-4-3-5-9-18/h3-5,8-9,16-17H,6-7,10-15H2,1-2H3,(H,26,28)(H,27,29). The van der Waals surface area contributed by atoms with Crippen LogP contribution in [-0.2, 0) is 22.4 Å². The van der Waals surface area contributed by atoms with Gasteiger partial charge in [-0.3, -0.25) is 9.59 Å². The fraction of sp³-hybridized carbons (Fsp3) is 0.417. The van der Waals surface area contributed by atoms with E-state index in [4.69, 9.17) is 9.47 Å². The number of amides is 2. The number of rotatable bonds is 13. The van der Waals surface area contributed by atoms with E-state index in [1.807, 2.05) is 30.3 Å². The van der Waals surface area contributed by atoms with E-state index in [0.29, 0.717) is 62.3 Å². The van der Waals surface area contributed by atoms with Gasteiger partial charge in [-0.15, -0.1) is 0 Å². The highest BCUT2D eigenvalue weighted by atomic mass is 19.1. The highest BCUT2D eigenvalue weighted by molar-refractivity contribution is 5.77. The second-order valence-electron chi connectivity index (χ2n) is 7.19. The first kappa shape index (κ1) is 24.2. The minimum Gasteiger partial charge on any atom is -0.493 e. The number of ether oxygens (including phenoxy) is 2. The van der Waals surface area contributed by atoms with Crippen molar-refractivity contribution in [3.8, 4) is 11.5 Å². The summed E-state index contributed by atoms with van der Waals surface area (Å²) in [6.07, 6.45) is 3.17. The van der Waals surface area contributed by atoms with Crippen molar-refractivity contribution in [3.05, 3.63) is 59.4 Å². The molecule has 6 nitrogen and oxygen atoms in total. The second kappa shape index (κ2) is 13.3. The van der Waals surface area contributed by atoms with Crippen LogP contribution in [0.25, 0.3) is 0 Å². The number of hydrogen-bond acceptors (Lipinski definition) is 4. The molecular weight excluding hydrogens is 399 g/mol. The summed E-state index contributed by atoms with van der Waals surface area (Å²) in [7, 11) is 2.94. The Morgan fingerprint density at radius 3 is 1.97 bits per heavy atom. The third-order valence-electron chi connectivity index (χ3n) is 4.91. The lowest BCUT2D eigenvalue weighted by atomic mass is 10.1. The van der Waals surface area contributed by atoms with Gasteiger partial charge in [0.05, 0.1) is 14.2 Å². The highest BCUT2D eigenvalue weighted by Crippen LogP contribution is 2.29. The van der Waals surface area contributed by atoms with E-state index in [2.05, 4.69) is 10.6 Å². The Morgan fingerprint density at radius 1 is 0.839 bits per heavy atom. The summed E-state index contributed by atoms with van der Waals surface area (Å²) < 4.78 is 24.3. The van der Waals surface area contributed by atoms with E-state index in [1.54, 1.807) is 6.07 Å². The van der Waals surface area contributed by atoms with Gasteiger partial charge >= 0.3 is 0 Å². The fourth-order valence-electron chi connectivity index (χ4n) is 3.16. The zero-order chi connectivity index (χ0) is 22.5. The van der Waals surface area contributed by atoms with Crippen molar-refractivity contribution in [3.63, 3.8) is 0 Å². The lowest BCUT2D eigenvalue weighted by molar-refractivity contribution is -0.123. The SMILES string of the molecule is COc1cc(F)c(CCNC(=O)CCCCC(=O)NCCc2ccccc2)cc1OC. The summed E-state index contributed by atoms with van der Waals surface area (Å²) in [5, 5.41) is 5.69. The number of benzene rings is 2. The first-order valence-corrected chi connectivity index (χ1v) is 10.5. The van der Waals surface area contributed by atoms with Gasteiger partial charge in [-0.1, -0.05) is 30.3 Å². The summed E-state index contributed by atoms with van der Waals surface area (Å²) in [6, 6.07) is 12.8. The van der Waals surface area contributed by atoms with E-state index < -0.39 is 5.82 Å². The molecule has 2 rings (SSSR count). The maximum Gasteiger partial charge on any atom is 0.220 e. The molecule has 0 saturated carbocycles. The largest absolute Gasteiger partial charge is 0.493 e. The van der Waals surface area contributed by atoms with Crippen LogP contribution in [0.3, 0.4) is 0 Å². The number of nitrogens with one attached hydrogen (secondary N) is 2. The van der Waals surface area contributed by atoms with Gasteiger partial charge in [0.15, 0.2) is 11.5 Å². The van der Waals surface area contributed by atoms with Crippen molar-refractivity contribution in [2.45, 2.75) is 38.5 Å². The van der Waals surface area contributed by atoms with Crippen molar-refractivity contribution < 1.29 is 23.5 Å². The average Bonchev–Trinajstić information content (AvgIpc) is 2.78. The Labute approximate surface area is 183 Å². The van der Waals surface area contributed by atoms with Crippen LogP contribution >= 0.6 is 0 Å². The minimum atomic E-state index is -0.398. The van der Waals surface area contributed by atoms with Crippen molar-refractivity contribution >= 4 is 11.8 Å². The van der Waals surface area contributed by atoms with Crippen molar-refractivity contribution in [1.82, 2.24) is 10.6 Å². The van der Waals surface area contributed by atoms with Crippen molar-refractivity contribution in [2.24, 2.45) is 0 Å². The Morgan fingerprint density at radius 2 is 1.39 bits per heavy atom. The predicted octanol–water partition coefficient (Wildman–Crippen LogP) is 3.42. The molecule has 0 fully saturated rings. The number of hydrogen-bond donors (Lipinski definition) is 2. The van der Waals surface area contributed by atoms with Crippen LogP contribution in [0.4, 0.5) is 4.39 Å². The zero-order valence-corrected chi connectivity index (χ0v) is 18.2. The Balaban J connectivity index is 1.57. The maximum absolute atomic E-state index is 14.1. The molecule has 7 heteroatoms. The van der Waals surface area contributed by atoms with Crippen LogP contribution in [0, 0.1) is 5.82 Å². The molecule has 2 aromatic rings. The van der Waals surface area contributed by atoms with Crippen LogP contribution in [0.5, 0.6) is 11.5 Å². The lowest BCUT2D eigenvalue weighted by Crippen LogP contribution is -2.26. The van der Waals surface area contributed by atoms with Crippen LogP contribution in [0.1, 0.15) is 36.8 Å². The number of carbonyl (C=O) groups is 2. The normalized spacial score (nSPS) is 10.4. The van der Waals surface area contributed by atoms with Crippen molar-refractivity contribution in [2.75, 3.05) is 27.3 Å². The molecule has 2 aromatic carbocycles. The monoisotopic (exact) mass is 430 g/mol. The average molecular weight is 431 g/mol. The molecule has 0 bridgehead atoms. The molecule has 0 spiro atoms. The molecule has 0 atom stereocenters. The smallest absolute Gasteiger partial charge is 0.220 e. The molecule has 0 aliphatic heterocycles. The van der Waals surface area contributed by atoms with E-state index in [0.717, 1.165) is 6.42 Å². The molecule has 2 amide bonds. The van der Waals surface area contributed by atoms with Crippen molar-refractivity contribution in [1.29, 1.82) is 0 Å². The van der Waals surface area contributed by atoms with E-state index in [9.17, 15) is 14.0 Å². The molecule has 168 valence electrons. The molecule has 2 N–H and O–H groups in total. The van der Waals surface area contributed by atoms with Crippen LogP contribution < -0.4 is 20.1 Å². The first-order chi connectivity index (χ1) is 15.0. The first-order valence-electron chi connectivity index (χ1n) is 10.5. The maximum atomic E-state index is 14.1. The molecule has 31 heavy (non-hydrogen) atoms. The van der Waals surface area contributed by atoms with Gasteiger partial charge in [0.25, 0.3) is 0 Å². The number of methoxy groups -OCH3 is 2. The quantitative estimate of drug-likeness (QED) is 0.478. The van der Waals surface area contributed by atoms with E-state index >= 15 is 0 Å². The molecule has 0 aliphatic carbocycles. The fourth-order valence-corrected chi connectivity index (χ4v) is 3.16. The van der Waals surface area contributed by atoms with Gasteiger partial charge in [0.1, 0.15) is 5.82 Å². The molecule has 0 aliphatic rings. The molecule has 0 unspecified atom stereocenters. The lowest BCUT2D eigenvalue weighted by Gasteiger charge is -2.11. The minimum absolute atomic E-state index is 0.000248. The summed E-state index contributed by atoms with van der Waals surface area (Å²) >= 11 is 0. The Bertz CT molecular complexity index is 843. The Hall–Kier alpha value is -3.09. The summed E-state index contributed by atoms with van der Waals surface area (Å²) in [6.45, 7) is 0.932. The van der Waals surface area contributed by atoms with Gasteiger partial charge in [0.2, 0.25) is 11.8 Å². The molecular formula is C24H31FN2O4. The second-order valence-corrected chi connectivity index (χ2v) is 7.19. The summed E-state index contributed by atoms with van der Waals surface area (Å²) in [5.41, 5.74) is 1.64. The van der Waals surface area contributed by atoms with Gasteiger partial charge in [-0.2, -0.15) is 0 Å². The topological polar surface area (TPSA) is 76.7 Å². The summed E-state index contributed by atoms with van der Waals surface area (Å²) in [4.78, 5) is 23.8. The van der Waals surface area contributed by atoms with Crippen LogP contribution in [-0.4, -0.2) is 39.1 Å². The predicted molar refractivity (Wildman–Crippen MR) is 118 cm³/mol. The zero-order valence-electron chi connectivity index (χ0n) is 18.2. The van der Waals surface area contributed by atoms with E-state index in [-0.39, 0.29) is 11.8 Å². The number of unbranched alkanes of at least 4 members (excludes halogenated alkanes) is 1. The van der Waals surface area contributed by atoms with Gasteiger partial charge < -0.3 is 20.1 Å². The number of carbonyl (C=O) groups excluding carboxylic acids is 2. The third kappa shape index (κ3) is 8.66. The van der Waals surface area contributed by atoms with Gasteiger partial charge in [-0.05, 0) is 42.9 Å². The summed E-state index contributed by atoms with van der Waals surface area (Å²) in [5.74, 6) is 0.278. The van der Waals surface area contributed by atoms with Crippen LogP contribution in [0.15, 0.2) is 42.5 Å². The van der Waals surface area contributed by atoms with Crippen LogP contribution in [0.2, 0.25) is 0 Å². The van der Waals surface area contributed by atoms with E-state index in [1.165, 1.54) is 25.8 Å². The highest BCUT2D eigenvalue weighted by Gasteiger charge is 2.11. The number of halogens is 1. The molecule has 0 heterocycles. The molecule has 0 radical (unpaired) electrons. The molecule has 0 aromatic heterocycles. The third-order valence-corrected chi connectivity index (χ3v) is 4.91.